The van der Waals surface area contributed by atoms with Gasteiger partial charge in [0.05, 0.1) is 13.7 Å². The Morgan fingerprint density at radius 2 is 2.11 bits per heavy atom. The van der Waals surface area contributed by atoms with Crippen molar-refractivity contribution in [2.45, 2.75) is 19.8 Å². The molecule has 0 atom stereocenters. The summed E-state index contributed by atoms with van der Waals surface area (Å²) < 4.78 is 5.11. The van der Waals surface area contributed by atoms with E-state index in [4.69, 9.17) is 4.74 Å². The predicted molar refractivity (Wildman–Crippen MR) is 72.1 cm³/mol. The number of nitrogens with one attached hydrogen (secondary N) is 2. The summed E-state index contributed by atoms with van der Waals surface area (Å²) in [7, 11) is 1.58. The third kappa shape index (κ3) is 3.71. The monoisotopic (exact) mass is 262 g/mol. The zero-order chi connectivity index (χ0) is 13.8. The fraction of sp³-hybridized carbons (Fsp3) is 0.429. The minimum Gasteiger partial charge on any atom is -0.497 e. The van der Waals surface area contributed by atoms with Gasteiger partial charge < -0.3 is 15.4 Å². The molecule has 1 aromatic rings. The molecule has 0 unspecified atom stereocenters. The van der Waals surface area contributed by atoms with E-state index in [9.17, 15) is 9.59 Å². The van der Waals surface area contributed by atoms with Gasteiger partial charge in [0.1, 0.15) is 5.75 Å². The highest BCUT2D eigenvalue weighted by Gasteiger charge is 2.29. The number of benzene rings is 1. The molecule has 0 bridgehead atoms. The number of aryl methyl sites for hydroxylation is 1. The Morgan fingerprint density at radius 1 is 1.37 bits per heavy atom. The molecule has 1 aliphatic carbocycles. The Balaban J connectivity index is 1.88. The molecule has 0 heterocycles. The van der Waals surface area contributed by atoms with Gasteiger partial charge >= 0.3 is 0 Å². The molecule has 1 aromatic carbocycles. The van der Waals surface area contributed by atoms with Crippen LogP contribution in [0.5, 0.6) is 5.75 Å². The summed E-state index contributed by atoms with van der Waals surface area (Å²) in [5.74, 6) is 0.539. The zero-order valence-electron chi connectivity index (χ0n) is 11.2. The molecule has 0 aliphatic heterocycles. The highest BCUT2D eigenvalue weighted by atomic mass is 16.5. The molecule has 2 rings (SSSR count). The highest BCUT2D eigenvalue weighted by Crippen LogP contribution is 2.28. The third-order valence-corrected chi connectivity index (χ3v) is 3.09. The average molecular weight is 262 g/mol. The Labute approximate surface area is 112 Å². The Kier molecular flexibility index (Phi) is 4.04. The number of rotatable bonds is 5. The molecule has 1 aliphatic rings. The van der Waals surface area contributed by atoms with E-state index in [0.29, 0.717) is 11.4 Å². The van der Waals surface area contributed by atoms with Crippen LogP contribution < -0.4 is 15.4 Å². The summed E-state index contributed by atoms with van der Waals surface area (Å²) in [5, 5.41) is 5.40. The van der Waals surface area contributed by atoms with E-state index in [1.807, 2.05) is 19.1 Å². The van der Waals surface area contributed by atoms with E-state index in [2.05, 4.69) is 10.6 Å². The van der Waals surface area contributed by atoms with E-state index in [1.165, 1.54) is 0 Å². The van der Waals surface area contributed by atoms with Crippen molar-refractivity contribution in [3.05, 3.63) is 23.8 Å². The second kappa shape index (κ2) is 5.73. The van der Waals surface area contributed by atoms with Crippen molar-refractivity contribution >= 4 is 17.5 Å². The van der Waals surface area contributed by atoms with Gasteiger partial charge in [0.2, 0.25) is 11.8 Å². The van der Waals surface area contributed by atoms with E-state index >= 15 is 0 Å². The fourth-order valence-electron chi connectivity index (χ4n) is 1.71. The molecule has 0 spiro atoms. The first-order valence-corrected chi connectivity index (χ1v) is 6.32. The molecule has 5 heteroatoms. The molecule has 2 amide bonds. The molecule has 0 aromatic heterocycles. The van der Waals surface area contributed by atoms with Crippen molar-refractivity contribution in [3.8, 4) is 5.75 Å². The van der Waals surface area contributed by atoms with Crippen LogP contribution in [0.1, 0.15) is 18.4 Å². The normalized spacial score (nSPS) is 13.8. The largest absolute Gasteiger partial charge is 0.497 e. The first kappa shape index (κ1) is 13.4. The molecule has 0 radical (unpaired) electrons. The van der Waals surface area contributed by atoms with Crippen LogP contribution in [0.25, 0.3) is 0 Å². The molecular weight excluding hydrogens is 244 g/mol. The molecular formula is C14H18N2O3. The fourth-order valence-corrected chi connectivity index (χ4v) is 1.71. The number of hydrogen-bond donors (Lipinski definition) is 2. The van der Waals surface area contributed by atoms with E-state index in [0.717, 1.165) is 18.4 Å². The molecule has 5 nitrogen and oxygen atoms in total. The average Bonchev–Trinajstić information content (AvgIpc) is 3.23. The van der Waals surface area contributed by atoms with Crippen LogP contribution in [0.3, 0.4) is 0 Å². The maximum atomic E-state index is 11.7. The second-order valence-electron chi connectivity index (χ2n) is 4.72. The van der Waals surface area contributed by atoms with Crippen LogP contribution in [0.4, 0.5) is 5.69 Å². The van der Waals surface area contributed by atoms with Crippen LogP contribution >= 0.6 is 0 Å². The minimum absolute atomic E-state index is 0.00594. The number of amides is 2. The molecule has 19 heavy (non-hydrogen) atoms. The van der Waals surface area contributed by atoms with Crippen LogP contribution in [0, 0.1) is 12.8 Å². The van der Waals surface area contributed by atoms with Gasteiger partial charge in [-0.2, -0.15) is 0 Å². The van der Waals surface area contributed by atoms with Crippen molar-refractivity contribution in [3.63, 3.8) is 0 Å². The Morgan fingerprint density at radius 3 is 2.74 bits per heavy atom. The highest BCUT2D eigenvalue weighted by molar-refractivity contribution is 5.95. The molecule has 0 saturated heterocycles. The van der Waals surface area contributed by atoms with E-state index < -0.39 is 0 Å². The smallest absolute Gasteiger partial charge is 0.243 e. The maximum Gasteiger partial charge on any atom is 0.243 e. The summed E-state index contributed by atoms with van der Waals surface area (Å²) in [4.78, 5) is 23.2. The third-order valence-electron chi connectivity index (χ3n) is 3.09. The standard InChI is InChI=1S/C14H18N2O3/c1-9-3-6-11(19-2)7-12(9)16-13(17)8-15-14(18)10-4-5-10/h3,6-7,10H,4-5,8H2,1-2H3,(H,15,18)(H,16,17). The summed E-state index contributed by atoms with van der Waals surface area (Å²) in [5.41, 5.74) is 1.65. The van der Waals surface area contributed by atoms with Gasteiger partial charge in [-0.3, -0.25) is 9.59 Å². The Hall–Kier alpha value is -2.04. The lowest BCUT2D eigenvalue weighted by molar-refractivity contribution is -0.125. The molecule has 1 fully saturated rings. The number of methoxy groups -OCH3 is 1. The topological polar surface area (TPSA) is 67.4 Å². The number of hydrogen-bond acceptors (Lipinski definition) is 3. The molecule has 2 N–H and O–H groups in total. The van der Waals surface area contributed by atoms with E-state index in [-0.39, 0.29) is 24.3 Å². The van der Waals surface area contributed by atoms with Crippen molar-refractivity contribution in [1.82, 2.24) is 5.32 Å². The lowest BCUT2D eigenvalue weighted by Gasteiger charge is -2.10. The lowest BCUT2D eigenvalue weighted by Crippen LogP contribution is -2.33. The maximum absolute atomic E-state index is 11.7. The van der Waals surface area contributed by atoms with Crippen molar-refractivity contribution < 1.29 is 14.3 Å². The molecule has 102 valence electrons. The Bertz CT molecular complexity index is 495. The van der Waals surface area contributed by atoms with Crippen molar-refractivity contribution in [1.29, 1.82) is 0 Å². The van der Waals surface area contributed by atoms with Crippen LogP contribution in [-0.2, 0) is 9.59 Å². The number of carbonyl (C=O) groups is 2. The van der Waals surface area contributed by atoms with Crippen LogP contribution in [0.15, 0.2) is 18.2 Å². The minimum atomic E-state index is -0.231. The van der Waals surface area contributed by atoms with Crippen molar-refractivity contribution in [2.75, 3.05) is 19.0 Å². The van der Waals surface area contributed by atoms with E-state index in [1.54, 1.807) is 13.2 Å². The van der Waals surface area contributed by atoms with Gasteiger partial charge in [0, 0.05) is 17.7 Å². The number of ether oxygens (including phenoxy) is 1. The zero-order valence-corrected chi connectivity index (χ0v) is 11.2. The quantitative estimate of drug-likeness (QED) is 0.844. The lowest BCUT2D eigenvalue weighted by atomic mass is 10.2. The van der Waals surface area contributed by atoms with Gasteiger partial charge in [0.15, 0.2) is 0 Å². The summed E-state index contributed by atoms with van der Waals surface area (Å²) in [6, 6.07) is 5.47. The van der Waals surface area contributed by atoms with Crippen LogP contribution in [0.2, 0.25) is 0 Å². The SMILES string of the molecule is COc1ccc(C)c(NC(=O)CNC(=O)C2CC2)c1. The van der Waals surface area contributed by atoms with Crippen molar-refractivity contribution in [2.24, 2.45) is 5.92 Å². The summed E-state index contributed by atoms with van der Waals surface area (Å²) >= 11 is 0. The van der Waals surface area contributed by atoms with Gasteiger partial charge in [-0.05, 0) is 31.4 Å². The van der Waals surface area contributed by atoms with Gasteiger partial charge in [0.25, 0.3) is 0 Å². The van der Waals surface area contributed by atoms with Gasteiger partial charge in [-0.25, -0.2) is 0 Å². The summed E-state index contributed by atoms with van der Waals surface area (Å²) in [6.07, 6.45) is 1.87. The number of anilines is 1. The van der Waals surface area contributed by atoms with Gasteiger partial charge in [-0.15, -0.1) is 0 Å². The summed E-state index contributed by atoms with van der Waals surface area (Å²) in [6.45, 7) is 1.91. The second-order valence-corrected chi connectivity index (χ2v) is 4.72. The van der Waals surface area contributed by atoms with Gasteiger partial charge in [-0.1, -0.05) is 6.07 Å². The van der Waals surface area contributed by atoms with Crippen LogP contribution in [-0.4, -0.2) is 25.5 Å². The predicted octanol–water partition coefficient (Wildman–Crippen LogP) is 1.47. The first-order valence-electron chi connectivity index (χ1n) is 6.32. The molecule has 1 saturated carbocycles. The first-order chi connectivity index (χ1) is 9.10. The number of carbonyl (C=O) groups excluding carboxylic acids is 2.